The third-order valence-corrected chi connectivity index (χ3v) is 4.39. The zero-order valence-corrected chi connectivity index (χ0v) is 16.1. The van der Waals surface area contributed by atoms with Crippen LogP contribution in [0.3, 0.4) is 0 Å². The van der Waals surface area contributed by atoms with Gasteiger partial charge in [-0.05, 0) is 18.8 Å². The molecular formula is C20H38O4. The van der Waals surface area contributed by atoms with Crippen LogP contribution in [-0.4, -0.2) is 25.2 Å². The molecule has 0 aromatic carbocycles. The van der Waals surface area contributed by atoms with Crippen molar-refractivity contribution in [1.82, 2.24) is 0 Å². The van der Waals surface area contributed by atoms with E-state index >= 15 is 0 Å². The topological polar surface area (TPSA) is 52.6 Å². The lowest BCUT2D eigenvalue weighted by Gasteiger charge is -2.14. The van der Waals surface area contributed by atoms with E-state index in [0.29, 0.717) is 19.1 Å². The lowest BCUT2D eigenvalue weighted by Crippen LogP contribution is -2.23. The fourth-order valence-corrected chi connectivity index (χ4v) is 2.61. The molecule has 0 radical (unpaired) electrons. The molecule has 142 valence electrons. The second-order valence-electron chi connectivity index (χ2n) is 6.63. The van der Waals surface area contributed by atoms with Crippen LogP contribution in [0.1, 0.15) is 97.8 Å². The van der Waals surface area contributed by atoms with Crippen LogP contribution in [-0.2, 0) is 19.1 Å². The summed E-state index contributed by atoms with van der Waals surface area (Å²) in [5.74, 6) is -1.35. The Hall–Kier alpha value is -1.06. The van der Waals surface area contributed by atoms with Gasteiger partial charge in [0.1, 0.15) is 0 Å². The molecule has 0 N–H and O–H groups in total. The van der Waals surface area contributed by atoms with Gasteiger partial charge in [0.05, 0.1) is 13.2 Å². The second-order valence-corrected chi connectivity index (χ2v) is 6.63. The molecular weight excluding hydrogens is 304 g/mol. The number of rotatable bonds is 15. The molecule has 0 bridgehead atoms. The van der Waals surface area contributed by atoms with Crippen molar-refractivity contribution >= 4 is 11.9 Å². The molecule has 0 saturated heterocycles. The second kappa shape index (κ2) is 16.8. The maximum absolute atomic E-state index is 11.6. The molecule has 1 unspecified atom stereocenters. The molecule has 1 atom stereocenters. The van der Waals surface area contributed by atoms with Gasteiger partial charge < -0.3 is 9.47 Å². The van der Waals surface area contributed by atoms with E-state index in [-0.39, 0.29) is 0 Å². The van der Waals surface area contributed by atoms with E-state index < -0.39 is 11.9 Å². The molecule has 0 aromatic heterocycles. The minimum Gasteiger partial charge on any atom is -0.457 e. The van der Waals surface area contributed by atoms with E-state index in [1.54, 1.807) is 0 Å². The molecule has 0 amide bonds. The summed E-state index contributed by atoms with van der Waals surface area (Å²) < 4.78 is 10.1. The van der Waals surface area contributed by atoms with E-state index in [1.165, 1.54) is 38.5 Å². The smallest absolute Gasteiger partial charge is 0.417 e. The molecule has 0 heterocycles. The minimum atomic E-state index is -0.844. The van der Waals surface area contributed by atoms with Gasteiger partial charge in [-0.25, -0.2) is 9.59 Å². The summed E-state index contributed by atoms with van der Waals surface area (Å²) in [6.45, 7) is 7.07. The lowest BCUT2D eigenvalue weighted by atomic mass is 10.0. The lowest BCUT2D eigenvalue weighted by molar-refractivity contribution is -0.168. The van der Waals surface area contributed by atoms with E-state index in [4.69, 9.17) is 9.47 Å². The third-order valence-electron chi connectivity index (χ3n) is 4.39. The Labute approximate surface area is 148 Å². The maximum atomic E-state index is 11.6. The Balaban J connectivity index is 3.60. The van der Waals surface area contributed by atoms with Gasteiger partial charge in [-0.2, -0.15) is 0 Å². The highest BCUT2D eigenvalue weighted by Crippen LogP contribution is 2.13. The van der Waals surface area contributed by atoms with Crippen molar-refractivity contribution in [3.8, 4) is 0 Å². The van der Waals surface area contributed by atoms with Crippen LogP contribution < -0.4 is 0 Å². The first-order valence-corrected chi connectivity index (χ1v) is 9.99. The summed E-state index contributed by atoms with van der Waals surface area (Å²) in [7, 11) is 0. The van der Waals surface area contributed by atoms with Crippen LogP contribution in [0.4, 0.5) is 0 Å². The van der Waals surface area contributed by atoms with Crippen molar-refractivity contribution in [3.63, 3.8) is 0 Å². The first-order valence-electron chi connectivity index (χ1n) is 9.99. The summed E-state index contributed by atoms with van der Waals surface area (Å²) in [5.41, 5.74) is 0. The van der Waals surface area contributed by atoms with Gasteiger partial charge in [0.2, 0.25) is 0 Å². The van der Waals surface area contributed by atoms with Crippen molar-refractivity contribution in [2.75, 3.05) is 13.2 Å². The molecule has 0 aromatic rings. The third kappa shape index (κ3) is 13.4. The van der Waals surface area contributed by atoms with Crippen LogP contribution in [0.5, 0.6) is 0 Å². The summed E-state index contributed by atoms with van der Waals surface area (Å²) >= 11 is 0. The van der Waals surface area contributed by atoms with Crippen molar-refractivity contribution in [1.29, 1.82) is 0 Å². The van der Waals surface area contributed by atoms with Crippen LogP contribution in [0.25, 0.3) is 0 Å². The Morgan fingerprint density at radius 2 is 1.25 bits per heavy atom. The Morgan fingerprint density at radius 3 is 1.83 bits per heavy atom. The highest BCUT2D eigenvalue weighted by atomic mass is 16.6. The standard InChI is InChI=1S/C20H38O4/c1-4-7-9-10-11-12-13-14-16-23-19(21)20(22)24-17-18(6-3)15-8-5-2/h18H,4-17H2,1-3H3. The predicted octanol–water partition coefficient (Wildman–Crippen LogP) is 5.43. The summed E-state index contributed by atoms with van der Waals surface area (Å²) in [5, 5.41) is 0. The summed E-state index contributed by atoms with van der Waals surface area (Å²) in [6, 6.07) is 0. The number of unbranched alkanes of at least 4 members (excludes halogenated alkanes) is 8. The zero-order chi connectivity index (χ0) is 18.0. The largest absolute Gasteiger partial charge is 0.457 e. The number of hydrogen-bond donors (Lipinski definition) is 0. The Morgan fingerprint density at radius 1 is 0.708 bits per heavy atom. The highest BCUT2D eigenvalue weighted by Gasteiger charge is 2.18. The Kier molecular flexibility index (Phi) is 16.0. The zero-order valence-electron chi connectivity index (χ0n) is 16.1. The van der Waals surface area contributed by atoms with Gasteiger partial charge in [0.15, 0.2) is 0 Å². The van der Waals surface area contributed by atoms with Gasteiger partial charge >= 0.3 is 11.9 Å². The van der Waals surface area contributed by atoms with Gasteiger partial charge in [0, 0.05) is 0 Å². The first-order chi connectivity index (χ1) is 11.7. The first kappa shape index (κ1) is 22.9. The molecule has 0 aliphatic heterocycles. The highest BCUT2D eigenvalue weighted by molar-refractivity contribution is 6.29. The molecule has 0 fully saturated rings. The number of carbonyl (C=O) groups excluding carboxylic acids is 2. The fourth-order valence-electron chi connectivity index (χ4n) is 2.61. The summed E-state index contributed by atoms with van der Waals surface area (Å²) in [6.07, 6.45) is 13.7. The molecule has 0 aliphatic rings. The van der Waals surface area contributed by atoms with Crippen LogP contribution >= 0.6 is 0 Å². The minimum absolute atomic E-state index is 0.315. The number of hydrogen-bond acceptors (Lipinski definition) is 4. The van der Waals surface area contributed by atoms with Gasteiger partial charge in [-0.3, -0.25) is 0 Å². The van der Waals surface area contributed by atoms with Crippen LogP contribution in [0.15, 0.2) is 0 Å². The number of carbonyl (C=O) groups is 2. The van der Waals surface area contributed by atoms with Crippen molar-refractivity contribution in [3.05, 3.63) is 0 Å². The Bertz CT molecular complexity index is 315. The van der Waals surface area contributed by atoms with Crippen LogP contribution in [0.2, 0.25) is 0 Å². The SMILES string of the molecule is CCCCCCCCCCOC(=O)C(=O)OCC(CC)CCCC. The van der Waals surface area contributed by atoms with Crippen LogP contribution in [0, 0.1) is 5.92 Å². The monoisotopic (exact) mass is 342 g/mol. The van der Waals surface area contributed by atoms with Crippen molar-refractivity contribution in [2.45, 2.75) is 97.8 Å². The predicted molar refractivity (Wildman–Crippen MR) is 97.8 cm³/mol. The number of ether oxygens (including phenoxy) is 2. The normalized spacial score (nSPS) is 12.0. The molecule has 4 nitrogen and oxygen atoms in total. The number of esters is 2. The molecule has 0 rings (SSSR count). The van der Waals surface area contributed by atoms with E-state index in [2.05, 4.69) is 20.8 Å². The van der Waals surface area contributed by atoms with E-state index in [0.717, 1.165) is 38.5 Å². The molecule has 0 spiro atoms. The van der Waals surface area contributed by atoms with Gasteiger partial charge in [-0.15, -0.1) is 0 Å². The van der Waals surface area contributed by atoms with E-state index in [1.807, 2.05) is 0 Å². The molecule has 0 saturated carbocycles. The fraction of sp³-hybridized carbons (Fsp3) is 0.900. The van der Waals surface area contributed by atoms with Gasteiger partial charge in [0.25, 0.3) is 0 Å². The average molecular weight is 343 g/mol. The van der Waals surface area contributed by atoms with E-state index in [9.17, 15) is 9.59 Å². The average Bonchev–Trinajstić information content (AvgIpc) is 2.60. The molecule has 0 aliphatic carbocycles. The summed E-state index contributed by atoms with van der Waals surface area (Å²) in [4.78, 5) is 23.2. The maximum Gasteiger partial charge on any atom is 0.417 e. The van der Waals surface area contributed by atoms with Crippen molar-refractivity contribution in [2.24, 2.45) is 5.92 Å². The van der Waals surface area contributed by atoms with Crippen molar-refractivity contribution < 1.29 is 19.1 Å². The quantitative estimate of drug-likeness (QED) is 0.226. The van der Waals surface area contributed by atoms with Gasteiger partial charge in [-0.1, -0.05) is 85.0 Å². The molecule has 24 heavy (non-hydrogen) atoms. The molecule has 4 heteroatoms.